The highest BCUT2D eigenvalue weighted by atomic mass is 16.5. The fraction of sp³-hybridized carbons (Fsp3) is 0.273. The van der Waals surface area contributed by atoms with Gasteiger partial charge in [0.25, 0.3) is 5.91 Å². The second-order valence-electron chi connectivity index (χ2n) is 7.21. The number of ether oxygens (including phenoxy) is 1. The van der Waals surface area contributed by atoms with Crippen molar-refractivity contribution < 1.29 is 9.53 Å². The number of anilines is 3. The van der Waals surface area contributed by atoms with Crippen molar-refractivity contribution in [1.29, 1.82) is 5.26 Å². The van der Waals surface area contributed by atoms with Gasteiger partial charge in [0, 0.05) is 25.5 Å². The van der Waals surface area contributed by atoms with Crippen molar-refractivity contribution in [2.24, 2.45) is 0 Å². The summed E-state index contributed by atoms with van der Waals surface area (Å²) >= 11 is 0. The Kier molecular flexibility index (Phi) is 6.07. The van der Waals surface area contributed by atoms with Crippen LogP contribution in [0.3, 0.4) is 0 Å². The summed E-state index contributed by atoms with van der Waals surface area (Å²) in [5.41, 5.74) is 7.40. The van der Waals surface area contributed by atoms with Crippen molar-refractivity contribution in [3.63, 3.8) is 0 Å². The molecular weight excluding hydrogens is 408 g/mol. The van der Waals surface area contributed by atoms with Crippen LogP contribution in [-0.4, -0.2) is 46.0 Å². The van der Waals surface area contributed by atoms with E-state index in [0.717, 1.165) is 31.6 Å². The summed E-state index contributed by atoms with van der Waals surface area (Å²) in [5, 5.41) is 12.3. The zero-order valence-corrected chi connectivity index (χ0v) is 17.6. The summed E-state index contributed by atoms with van der Waals surface area (Å²) in [4.78, 5) is 32.3. The van der Waals surface area contributed by atoms with Crippen molar-refractivity contribution in [2.75, 3.05) is 36.1 Å². The molecule has 1 aliphatic heterocycles. The lowest BCUT2D eigenvalue weighted by Gasteiger charge is -2.29. The van der Waals surface area contributed by atoms with Crippen LogP contribution in [0.25, 0.3) is 11.4 Å². The Bertz CT molecular complexity index is 1180. The minimum Gasteiger partial charge on any atom is -0.495 e. The van der Waals surface area contributed by atoms with Crippen molar-refractivity contribution in [3.8, 4) is 23.2 Å². The summed E-state index contributed by atoms with van der Waals surface area (Å²) in [6.45, 7) is 1.81. The molecule has 1 amide bonds. The first-order chi connectivity index (χ1) is 15.6. The molecule has 1 fully saturated rings. The molecule has 0 unspecified atom stereocenters. The van der Waals surface area contributed by atoms with Gasteiger partial charge in [-0.25, -0.2) is 15.0 Å². The Morgan fingerprint density at radius 1 is 1.19 bits per heavy atom. The molecule has 0 bridgehead atoms. The van der Waals surface area contributed by atoms with Crippen molar-refractivity contribution in [3.05, 3.63) is 48.0 Å². The van der Waals surface area contributed by atoms with Crippen LogP contribution in [-0.2, 0) is 0 Å². The van der Waals surface area contributed by atoms with E-state index in [9.17, 15) is 10.1 Å². The predicted molar refractivity (Wildman–Crippen MR) is 119 cm³/mol. The summed E-state index contributed by atoms with van der Waals surface area (Å²) in [6, 6.07) is 7.40. The van der Waals surface area contributed by atoms with Gasteiger partial charge in [-0.1, -0.05) is 0 Å². The lowest BCUT2D eigenvalue weighted by atomic mass is 10.1. The van der Waals surface area contributed by atoms with E-state index in [-0.39, 0.29) is 28.5 Å². The molecule has 0 radical (unpaired) electrons. The SMILES string of the molecule is COc1ccnc(-c2cnc(N)c(C(=O)Nc3ncccc3N3CCCCC3)n2)c1C#N. The third-order valence-corrected chi connectivity index (χ3v) is 5.22. The average Bonchev–Trinajstić information content (AvgIpc) is 2.84. The van der Waals surface area contributed by atoms with Gasteiger partial charge in [0.2, 0.25) is 0 Å². The highest BCUT2D eigenvalue weighted by molar-refractivity contribution is 6.06. The van der Waals surface area contributed by atoms with Gasteiger partial charge in [0.05, 0.1) is 19.0 Å². The quantitative estimate of drug-likeness (QED) is 0.624. The van der Waals surface area contributed by atoms with E-state index in [0.29, 0.717) is 11.6 Å². The normalized spacial score (nSPS) is 13.3. The highest BCUT2D eigenvalue weighted by Gasteiger charge is 2.21. The van der Waals surface area contributed by atoms with Crippen LogP contribution in [0.2, 0.25) is 0 Å². The number of amides is 1. The smallest absolute Gasteiger partial charge is 0.279 e. The topological polar surface area (TPSA) is 143 Å². The average molecular weight is 430 g/mol. The van der Waals surface area contributed by atoms with Crippen LogP contribution in [0, 0.1) is 11.3 Å². The number of nitrogens with one attached hydrogen (secondary N) is 1. The van der Waals surface area contributed by atoms with E-state index < -0.39 is 5.91 Å². The first-order valence-corrected chi connectivity index (χ1v) is 10.2. The van der Waals surface area contributed by atoms with Crippen molar-refractivity contribution in [2.45, 2.75) is 19.3 Å². The maximum atomic E-state index is 13.1. The second-order valence-corrected chi connectivity index (χ2v) is 7.21. The fourth-order valence-corrected chi connectivity index (χ4v) is 3.65. The molecule has 0 saturated carbocycles. The molecule has 4 rings (SSSR count). The third kappa shape index (κ3) is 4.13. The molecular formula is C22H22N8O2. The van der Waals surface area contributed by atoms with Gasteiger partial charge in [-0.05, 0) is 37.5 Å². The second kappa shape index (κ2) is 9.26. The van der Waals surface area contributed by atoms with Gasteiger partial charge < -0.3 is 20.7 Å². The van der Waals surface area contributed by atoms with Crippen molar-refractivity contribution in [1.82, 2.24) is 19.9 Å². The lowest BCUT2D eigenvalue weighted by Crippen LogP contribution is -2.31. The number of nitrogen functional groups attached to an aromatic ring is 1. The van der Waals surface area contributed by atoms with Crippen LogP contribution in [0.15, 0.2) is 36.8 Å². The minimum absolute atomic E-state index is 0.0388. The summed E-state index contributed by atoms with van der Waals surface area (Å²) in [6.07, 6.45) is 7.86. The number of hydrogen-bond donors (Lipinski definition) is 2. The Morgan fingerprint density at radius 2 is 2.00 bits per heavy atom. The van der Waals surface area contributed by atoms with Gasteiger partial charge in [-0.2, -0.15) is 5.26 Å². The van der Waals surface area contributed by atoms with E-state index in [2.05, 4.69) is 36.2 Å². The van der Waals surface area contributed by atoms with Gasteiger partial charge in [-0.15, -0.1) is 0 Å². The van der Waals surface area contributed by atoms with Gasteiger partial charge >= 0.3 is 0 Å². The van der Waals surface area contributed by atoms with Crippen molar-refractivity contribution >= 4 is 23.2 Å². The predicted octanol–water partition coefficient (Wildman–Crippen LogP) is 2.64. The molecule has 4 heterocycles. The van der Waals surface area contributed by atoms with Crippen LogP contribution in [0.5, 0.6) is 5.75 Å². The molecule has 1 saturated heterocycles. The van der Waals surface area contributed by atoms with E-state index in [1.54, 1.807) is 12.3 Å². The molecule has 3 aromatic rings. The van der Waals surface area contributed by atoms with Crippen LogP contribution < -0.4 is 20.7 Å². The number of nitriles is 1. The monoisotopic (exact) mass is 430 g/mol. The number of carbonyl (C=O) groups excluding carboxylic acids is 1. The molecule has 0 spiro atoms. The number of piperidine rings is 1. The summed E-state index contributed by atoms with van der Waals surface area (Å²) in [7, 11) is 1.46. The highest BCUT2D eigenvalue weighted by Crippen LogP contribution is 2.29. The first kappa shape index (κ1) is 21.0. The maximum Gasteiger partial charge on any atom is 0.279 e. The maximum absolute atomic E-state index is 13.1. The van der Waals surface area contributed by atoms with Crippen LogP contribution in [0.1, 0.15) is 35.3 Å². The molecule has 10 heteroatoms. The summed E-state index contributed by atoms with van der Waals surface area (Å²) < 4.78 is 5.22. The first-order valence-electron chi connectivity index (χ1n) is 10.2. The van der Waals surface area contributed by atoms with Crippen LogP contribution in [0.4, 0.5) is 17.3 Å². The Balaban J connectivity index is 1.66. The zero-order chi connectivity index (χ0) is 22.5. The number of nitrogens with two attached hydrogens (primary N) is 1. The number of methoxy groups -OCH3 is 1. The number of carbonyl (C=O) groups is 1. The number of nitrogens with zero attached hydrogens (tertiary/aromatic N) is 6. The number of rotatable bonds is 5. The molecule has 10 nitrogen and oxygen atoms in total. The Hall–Kier alpha value is -4.26. The van der Waals surface area contributed by atoms with E-state index in [4.69, 9.17) is 10.5 Å². The molecule has 1 aliphatic rings. The fourth-order valence-electron chi connectivity index (χ4n) is 3.65. The number of pyridine rings is 2. The molecule has 32 heavy (non-hydrogen) atoms. The third-order valence-electron chi connectivity index (χ3n) is 5.22. The standard InChI is InChI=1S/C22H22N8O2/c1-32-17-7-9-25-18(14(17)12-23)15-13-27-20(24)19(28-15)22(31)29-21-16(6-5-8-26-21)30-10-3-2-4-11-30/h5-9,13H,2-4,10-11H2,1H3,(H2,24,27)(H,26,29,31). The number of hydrogen-bond acceptors (Lipinski definition) is 9. The van der Waals surface area contributed by atoms with E-state index in [1.807, 2.05) is 12.1 Å². The number of aromatic nitrogens is 4. The molecule has 162 valence electrons. The zero-order valence-electron chi connectivity index (χ0n) is 17.6. The van der Waals surface area contributed by atoms with Gasteiger partial charge in [0.15, 0.2) is 17.3 Å². The molecule has 0 atom stereocenters. The van der Waals surface area contributed by atoms with Gasteiger partial charge in [0.1, 0.15) is 28.8 Å². The lowest BCUT2D eigenvalue weighted by molar-refractivity contribution is 0.102. The molecule has 0 aliphatic carbocycles. The molecule has 3 aromatic heterocycles. The largest absolute Gasteiger partial charge is 0.495 e. The summed E-state index contributed by atoms with van der Waals surface area (Å²) in [5.74, 6) is 0.198. The van der Waals surface area contributed by atoms with Crippen LogP contribution >= 0.6 is 0 Å². The molecule has 0 aromatic carbocycles. The van der Waals surface area contributed by atoms with E-state index in [1.165, 1.54) is 25.9 Å². The Morgan fingerprint density at radius 3 is 2.75 bits per heavy atom. The minimum atomic E-state index is -0.546. The Labute approximate surface area is 185 Å². The van der Waals surface area contributed by atoms with Gasteiger partial charge in [-0.3, -0.25) is 9.78 Å². The van der Waals surface area contributed by atoms with E-state index >= 15 is 0 Å². The molecule has 3 N–H and O–H groups in total.